The van der Waals surface area contributed by atoms with Crippen LogP contribution in [0.4, 0.5) is 0 Å². The minimum Gasteiger partial charge on any atom is -0.472 e. The Balaban J connectivity index is 1.61. The predicted octanol–water partition coefficient (Wildman–Crippen LogP) is 6.28. The van der Waals surface area contributed by atoms with Crippen LogP contribution in [0.15, 0.2) is 96.1 Å². The van der Waals surface area contributed by atoms with Gasteiger partial charge >= 0.3 is 0 Å². The van der Waals surface area contributed by atoms with Crippen molar-refractivity contribution in [3.63, 3.8) is 0 Å². The molecule has 130 valence electrons. The second-order valence-corrected chi connectivity index (χ2v) is 6.25. The summed E-state index contributed by atoms with van der Waals surface area (Å²) in [6, 6.07) is 21.9. The van der Waals surface area contributed by atoms with E-state index in [0.717, 1.165) is 44.8 Å². The maximum absolute atomic E-state index is 6.11. The van der Waals surface area contributed by atoms with E-state index in [1.807, 2.05) is 73.1 Å². The van der Waals surface area contributed by atoms with E-state index in [1.165, 1.54) is 0 Å². The maximum Gasteiger partial charge on any atom is 0.137 e. The first-order valence-corrected chi connectivity index (χ1v) is 8.70. The lowest BCUT2D eigenvalue weighted by Crippen LogP contribution is -1.89. The molecule has 0 fully saturated rings. The molecule has 0 spiro atoms. The summed E-state index contributed by atoms with van der Waals surface area (Å²) in [5.41, 5.74) is 4.92. The molecule has 0 aliphatic rings. The highest BCUT2D eigenvalue weighted by Gasteiger charge is 2.12. The van der Waals surface area contributed by atoms with E-state index in [2.05, 4.69) is 16.0 Å². The van der Waals surface area contributed by atoms with Crippen molar-refractivity contribution in [1.29, 1.82) is 0 Å². The van der Waals surface area contributed by atoms with Gasteiger partial charge in [-0.3, -0.25) is 0 Å². The molecule has 0 unspecified atom stereocenters. The molecule has 4 heteroatoms. The van der Waals surface area contributed by atoms with Crippen molar-refractivity contribution >= 4 is 11.0 Å². The molecule has 3 aromatic heterocycles. The van der Waals surface area contributed by atoms with Crippen LogP contribution in [-0.2, 0) is 0 Å². The number of aromatic nitrogens is 2. The largest absolute Gasteiger partial charge is 0.472 e. The third-order valence-corrected chi connectivity index (χ3v) is 4.53. The van der Waals surface area contributed by atoms with Gasteiger partial charge in [0.15, 0.2) is 0 Å². The zero-order valence-electron chi connectivity index (χ0n) is 14.4. The van der Waals surface area contributed by atoms with Crippen LogP contribution in [0.25, 0.3) is 33.3 Å². The number of hydrogen-bond donors (Lipinski definition) is 1. The lowest BCUT2D eigenvalue weighted by Gasteiger charge is -2.11. The maximum atomic E-state index is 6.11. The SMILES string of the molecule is c1ccc(Oc2ccccc2-c2cnc3[nH]cc(-c4ccoc4)c3c2)cc1. The standard InChI is InChI=1S/C23H16N2O2/c1-2-6-18(7-3-1)27-22-9-5-4-8-19(22)17-12-20-21(16-10-11-26-15-16)14-25-23(20)24-13-17/h1-15H,(H,24,25). The Morgan fingerprint density at radius 3 is 2.56 bits per heavy atom. The Bertz CT molecular complexity index is 1190. The number of aromatic amines is 1. The summed E-state index contributed by atoms with van der Waals surface area (Å²) in [6.07, 6.45) is 7.24. The molecule has 5 rings (SSSR count). The number of hydrogen-bond acceptors (Lipinski definition) is 3. The summed E-state index contributed by atoms with van der Waals surface area (Å²) in [6.45, 7) is 0. The van der Waals surface area contributed by atoms with Crippen LogP contribution in [0.3, 0.4) is 0 Å². The number of fused-ring (bicyclic) bond motifs is 1. The van der Waals surface area contributed by atoms with Gasteiger partial charge in [0.2, 0.25) is 0 Å². The highest BCUT2D eigenvalue weighted by molar-refractivity contribution is 5.96. The predicted molar refractivity (Wildman–Crippen MR) is 106 cm³/mol. The third kappa shape index (κ3) is 2.87. The van der Waals surface area contributed by atoms with Gasteiger partial charge in [0.05, 0.1) is 12.5 Å². The summed E-state index contributed by atoms with van der Waals surface area (Å²) in [5, 5.41) is 1.04. The van der Waals surface area contributed by atoms with Crippen LogP contribution >= 0.6 is 0 Å². The van der Waals surface area contributed by atoms with Gasteiger partial charge < -0.3 is 14.1 Å². The second-order valence-electron chi connectivity index (χ2n) is 6.25. The molecule has 0 aliphatic heterocycles. The number of H-pyrrole nitrogens is 1. The average Bonchev–Trinajstić information content (AvgIpc) is 3.38. The fourth-order valence-corrected chi connectivity index (χ4v) is 3.22. The van der Waals surface area contributed by atoms with Crippen LogP contribution in [0.5, 0.6) is 11.5 Å². The molecule has 3 heterocycles. The molecule has 0 saturated carbocycles. The van der Waals surface area contributed by atoms with Gasteiger partial charge in [0, 0.05) is 40.0 Å². The molecule has 1 N–H and O–H groups in total. The van der Waals surface area contributed by atoms with Gasteiger partial charge in [-0.1, -0.05) is 36.4 Å². The first-order valence-electron chi connectivity index (χ1n) is 8.70. The molecule has 27 heavy (non-hydrogen) atoms. The number of nitrogens with one attached hydrogen (secondary N) is 1. The highest BCUT2D eigenvalue weighted by atomic mass is 16.5. The smallest absolute Gasteiger partial charge is 0.137 e. The molecule has 0 saturated heterocycles. The Morgan fingerprint density at radius 1 is 0.852 bits per heavy atom. The lowest BCUT2D eigenvalue weighted by molar-refractivity contribution is 0.484. The third-order valence-electron chi connectivity index (χ3n) is 4.53. The average molecular weight is 352 g/mol. The molecule has 0 radical (unpaired) electrons. The van der Waals surface area contributed by atoms with Crippen LogP contribution in [0.2, 0.25) is 0 Å². The monoisotopic (exact) mass is 352 g/mol. The van der Waals surface area contributed by atoms with E-state index in [-0.39, 0.29) is 0 Å². The minimum absolute atomic E-state index is 0.797. The van der Waals surface area contributed by atoms with Crippen LogP contribution in [0, 0.1) is 0 Å². The molecular weight excluding hydrogens is 336 g/mol. The van der Waals surface area contributed by atoms with Gasteiger partial charge in [-0.15, -0.1) is 0 Å². The van der Waals surface area contributed by atoms with E-state index < -0.39 is 0 Å². The van der Waals surface area contributed by atoms with Crippen LogP contribution in [-0.4, -0.2) is 9.97 Å². The number of rotatable bonds is 4. The van der Waals surface area contributed by atoms with Crippen LogP contribution in [0.1, 0.15) is 0 Å². The van der Waals surface area contributed by atoms with Crippen molar-refractivity contribution in [1.82, 2.24) is 9.97 Å². The Kier molecular flexibility index (Phi) is 3.72. The van der Waals surface area contributed by atoms with E-state index >= 15 is 0 Å². The summed E-state index contributed by atoms with van der Waals surface area (Å²) < 4.78 is 11.3. The zero-order chi connectivity index (χ0) is 18.1. The van der Waals surface area contributed by atoms with Crippen molar-refractivity contribution in [2.24, 2.45) is 0 Å². The van der Waals surface area contributed by atoms with Crippen molar-refractivity contribution in [2.45, 2.75) is 0 Å². The molecular formula is C23H16N2O2. The van der Waals surface area contributed by atoms with Crippen LogP contribution < -0.4 is 4.74 Å². The zero-order valence-corrected chi connectivity index (χ0v) is 14.4. The molecule has 0 aliphatic carbocycles. The molecule has 4 nitrogen and oxygen atoms in total. The molecule has 0 amide bonds. The first-order chi connectivity index (χ1) is 13.4. The van der Waals surface area contributed by atoms with E-state index in [9.17, 15) is 0 Å². The summed E-state index contributed by atoms with van der Waals surface area (Å²) in [4.78, 5) is 7.82. The van der Waals surface area contributed by atoms with Gasteiger partial charge in [-0.05, 0) is 30.3 Å². The van der Waals surface area contributed by atoms with E-state index in [4.69, 9.17) is 9.15 Å². The van der Waals surface area contributed by atoms with Gasteiger partial charge in [-0.2, -0.15) is 0 Å². The fourth-order valence-electron chi connectivity index (χ4n) is 3.22. The number of benzene rings is 2. The Hall–Kier alpha value is -3.79. The second kappa shape index (κ2) is 6.50. The van der Waals surface area contributed by atoms with Gasteiger partial charge in [-0.25, -0.2) is 4.98 Å². The van der Waals surface area contributed by atoms with Gasteiger partial charge in [0.25, 0.3) is 0 Å². The number of furan rings is 1. The highest BCUT2D eigenvalue weighted by Crippen LogP contribution is 2.36. The number of ether oxygens (including phenoxy) is 1. The summed E-state index contributed by atoms with van der Waals surface area (Å²) >= 11 is 0. The quantitative estimate of drug-likeness (QED) is 0.414. The van der Waals surface area contributed by atoms with Gasteiger partial charge in [0.1, 0.15) is 17.1 Å². The van der Waals surface area contributed by atoms with Crippen molar-refractivity contribution in [3.8, 4) is 33.8 Å². The molecule has 0 atom stereocenters. The molecule has 2 aromatic carbocycles. The van der Waals surface area contributed by atoms with E-state index in [0.29, 0.717) is 0 Å². The van der Waals surface area contributed by atoms with Crippen molar-refractivity contribution in [2.75, 3.05) is 0 Å². The summed E-state index contributed by atoms with van der Waals surface area (Å²) in [7, 11) is 0. The number of para-hydroxylation sites is 2. The first kappa shape index (κ1) is 15.5. The van der Waals surface area contributed by atoms with E-state index in [1.54, 1.807) is 12.5 Å². The molecule has 0 bridgehead atoms. The van der Waals surface area contributed by atoms with Crippen molar-refractivity contribution in [3.05, 3.63) is 91.7 Å². The topological polar surface area (TPSA) is 51.0 Å². The Morgan fingerprint density at radius 2 is 1.70 bits per heavy atom. The lowest BCUT2D eigenvalue weighted by atomic mass is 10.0. The summed E-state index contributed by atoms with van der Waals surface area (Å²) in [5.74, 6) is 1.60. The molecule has 5 aromatic rings. The number of pyridine rings is 1. The number of nitrogens with zero attached hydrogens (tertiary/aromatic N) is 1. The minimum atomic E-state index is 0.797. The van der Waals surface area contributed by atoms with Crippen molar-refractivity contribution < 1.29 is 9.15 Å². The normalized spacial score (nSPS) is 11.0. The Labute approximate surface area is 156 Å². The fraction of sp³-hybridized carbons (Fsp3) is 0.